The summed E-state index contributed by atoms with van der Waals surface area (Å²) in [6.07, 6.45) is 0.116. The summed E-state index contributed by atoms with van der Waals surface area (Å²) in [5.74, 6) is -0.154. The van der Waals surface area contributed by atoms with E-state index in [9.17, 15) is 13.2 Å². The molecule has 0 saturated carbocycles. The number of rotatable bonds is 10. The van der Waals surface area contributed by atoms with Crippen molar-refractivity contribution in [1.82, 2.24) is 14.9 Å². The predicted octanol–water partition coefficient (Wildman–Crippen LogP) is 1.97. The fraction of sp³-hybridized carbons (Fsp3) is 0.421. The van der Waals surface area contributed by atoms with Crippen LogP contribution in [0.25, 0.3) is 10.8 Å². The number of hydrogen-bond acceptors (Lipinski definition) is 4. The molecular weight excluding hydrogens is 350 g/mol. The molecule has 0 bridgehead atoms. The lowest BCUT2D eigenvalue weighted by Crippen LogP contribution is -2.36. The van der Waals surface area contributed by atoms with Crippen molar-refractivity contribution in [2.45, 2.75) is 25.2 Å². The zero-order chi connectivity index (χ0) is 19.0. The normalized spacial score (nSPS) is 11.8. The van der Waals surface area contributed by atoms with Crippen LogP contribution < -0.4 is 10.0 Å². The Morgan fingerprint density at radius 3 is 2.38 bits per heavy atom. The average molecular weight is 378 g/mol. The van der Waals surface area contributed by atoms with Crippen LogP contribution >= 0.6 is 0 Å². The molecule has 6 nitrogen and oxygen atoms in total. The second-order valence-electron chi connectivity index (χ2n) is 6.03. The first-order chi connectivity index (χ1) is 12.5. The number of amides is 1. The van der Waals surface area contributed by atoms with Gasteiger partial charge in [0, 0.05) is 26.1 Å². The maximum atomic E-state index is 12.4. The van der Waals surface area contributed by atoms with E-state index >= 15 is 0 Å². The smallest absolute Gasteiger partial charge is 0.240 e. The predicted molar refractivity (Wildman–Crippen MR) is 105 cm³/mol. The average Bonchev–Trinajstić information content (AvgIpc) is 2.64. The van der Waals surface area contributed by atoms with E-state index in [1.54, 1.807) is 18.2 Å². The van der Waals surface area contributed by atoms with Crippen LogP contribution in [0.4, 0.5) is 0 Å². The van der Waals surface area contributed by atoms with Gasteiger partial charge in [0.1, 0.15) is 0 Å². The van der Waals surface area contributed by atoms with Crippen molar-refractivity contribution in [3.63, 3.8) is 0 Å². The third-order valence-electron chi connectivity index (χ3n) is 4.32. The Morgan fingerprint density at radius 2 is 1.69 bits per heavy atom. The molecule has 0 spiro atoms. The van der Waals surface area contributed by atoms with Crippen LogP contribution in [0.2, 0.25) is 0 Å². The monoisotopic (exact) mass is 377 g/mol. The highest BCUT2D eigenvalue weighted by atomic mass is 32.2. The molecule has 2 aromatic carbocycles. The van der Waals surface area contributed by atoms with Gasteiger partial charge in [-0.05, 0) is 36.0 Å². The number of nitrogens with zero attached hydrogens (tertiary/aromatic N) is 1. The Labute approximate surface area is 155 Å². The lowest BCUT2D eigenvalue weighted by atomic mass is 10.1. The number of carbonyl (C=O) groups is 1. The van der Waals surface area contributed by atoms with Gasteiger partial charge in [0.05, 0.1) is 4.90 Å². The second-order valence-corrected chi connectivity index (χ2v) is 7.80. The molecule has 2 rings (SSSR count). The van der Waals surface area contributed by atoms with Crippen molar-refractivity contribution in [2.24, 2.45) is 0 Å². The van der Waals surface area contributed by atoms with Gasteiger partial charge in [-0.25, -0.2) is 13.1 Å². The summed E-state index contributed by atoms with van der Waals surface area (Å²) >= 11 is 0. The standard InChI is InChI=1S/C19H27N3O3S/c1-3-22(4-2)14-13-20-19(23)11-12-21-26(24,25)18-10-9-16-7-5-6-8-17(16)15-18/h5-10,15,21H,3-4,11-14H2,1-2H3,(H,20,23). The van der Waals surface area contributed by atoms with Gasteiger partial charge in [-0.1, -0.05) is 44.2 Å². The zero-order valence-electron chi connectivity index (χ0n) is 15.4. The summed E-state index contributed by atoms with van der Waals surface area (Å²) in [7, 11) is -3.63. The maximum absolute atomic E-state index is 12.4. The van der Waals surface area contributed by atoms with Gasteiger partial charge in [-0.2, -0.15) is 0 Å². The van der Waals surface area contributed by atoms with E-state index in [2.05, 4.69) is 28.8 Å². The molecule has 0 atom stereocenters. The second kappa shape index (κ2) is 9.66. The van der Waals surface area contributed by atoms with E-state index < -0.39 is 10.0 Å². The van der Waals surface area contributed by atoms with Crippen molar-refractivity contribution in [1.29, 1.82) is 0 Å². The van der Waals surface area contributed by atoms with Crippen molar-refractivity contribution in [3.05, 3.63) is 42.5 Å². The molecule has 26 heavy (non-hydrogen) atoms. The number of carbonyl (C=O) groups excluding carboxylic acids is 1. The first-order valence-electron chi connectivity index (χ1n) is 8.93. The van der Waals surface area contributed by atoms with Gasteiger partial charge in [0.2, 0.25) is 15.9 Å². The number of likely N-dealkylation sites (N-methyl/N-ethyl adjacent to an activating group) is 1. The lowest BCUT2D eigenvalue weighted by molar-refractivity contribution is -0.120. The first-order valence-corrected chi connectivity index (χ1v) is 10.4. The van der Waals surface area contributed by atoms with Gasteiger partial charge in [0.15, 0.2) is 0 Å². The summed E-state index contributed by atoms with van der Waals surface area (Å²) in [6.45, 7) is 7.47. The molecule has 7 heteroatoms. The fourth-order valence-electron chi connectivity index (χ4n) is 2.70. The molecule has 0 aromatic heterocycles. The minimum absolute atomic E-state index is 0.0757. The summed E-state index contributed by atoms with van der Waals surface area (Å²) in [4.78, 5) is 14.3. The number of hydrogen-bond donors (Lipinski definition) is 2. The van der Waals surface area contributed by atoms with Gasteiger partial charge < -0.3 is 10.2 Å². The highest BCUT2D eigenvalue weighted by molar-refractivity contribution is 7.89. The molecule has 0 aliphatic carbocycles. The van der Waals surface area contributed by atoms with E-state index in [1.165, 1.54) is 0 Å². The SMILES string of the molecule is CCN(CC)CCNC(=O)CCNS(=O)(=O)c1ccc2ccccc2c1. The van der Waals surface area contributed by atoms with E-state index in [4.69, 9.17) is 0 Å². The summed E-state index contributed by atoms with van der Waals surface area (Å²) in [6, 6.07) is 12.6. The van der Waals surface area contributed by atoms with Crippen LogP contribution in [-0.4, -0.2) is 51.9 Å². The molecule has 142 valence electrons. The van der Waals surface area contributed by atoms with Gasteiger partial charge in [-0.15, -0.1) is 0 Å². The van der Waals surface area contributed by atoms with Crippen molar-refractivity contribution < 1.29 is 13.2 Å². The quantitative estimate of drug-likeness (QED) is 0.663. The number of benzene rings is 2. The summed E-state index contributed by atoms with van der Waals surface area (Å²) in [5, 5.41) is 4.67. The largest absolute Gasteiger partial charge is 0.355 e. The van der Waals surface area contributed by atoms with E-state index in [-0.39, 0.29) is 23.8 Å². The maximum Gasteiger partial charge on any atom is 0.240 e. The molecule has 0 fully saturated rings. The molecule has 2 aromatic rings. The summed E-state index contributed by atoms with van der Waals surface area (Å²) < 4.78 is 27.3. The molecule has 0 aliphatic rings. The molecule has 1 amide bonds. The minimum Gasteiger partial charge on any atom is -0.355 e. The first kappa shape index (κ1) is 20.4. The Kier molecular flexibility index (Phi) is 7.56. The van der Waals surface area contributed by atoms with Crippen LogP contribution in [-0.2, 0) is 14.8 Å². The minimum atomic E-state index is -3.63. The van der Waals surface area contributed by atoms with Crippen LogP contribution in [0, 0.1) is 0 Å². The third-order valence-corrected chi connectivity index (χ3v) is 5.78. The number of nitrogens with one attached hydrogen (secondary N) is 2. The molecule has 0 radical (unpaired) electrons. The number of sulfonamides is 1. The number of fused-ring (bicyclic) bond motifs is 1. The molecule has 0 aliphatic heterocycles. The molecule has 2 N–H and O–H groups in total. The molecule has 0 saturated heterocycles. The summed E-state index contributed by atoms with van der Waals surface area (Å²) in [5.41, 5.74) is 0. The van der Waals surface area contributed by atoms with Gasteiger partial charge in [0.25, 0.3) is 0 Å². The Balaban J connectivity index is 1.82. The van der Waals surface area contributed by atoms with Gasteiger partial charge in [-0.3, -0.25) is 4.79 Å². The molecular formula is C19H27N3O3S. The van der Waals surface area contributed by atoms with Crippen molar-refractivity contribution in [3.8, 4) is 0 Å². The van der Waals surface area contributed by atoms with E-state index in [0.29, 0.717) is 6.54 Å². The van der Waals surface area contributed by atoms with Crippen LogP contribution in [0.1, 0.15) is 20.3 Å². The topological polar surface area (TPSA) is 78.5 Å². The van der Waals surface area contributed by atoms with Gasteiger partial charge >= 0.3 is 0 Å². The van der Waals surface area contributed by atoms with E-state index in [0.717, 1.165) is 30.4 Å². The third kappa shape index (κ3) is 5.79. The Morgan fingerprint density at radius 1 is 1.00 bits per heavy atom. The lowest BCUT2D eigenvalue weighted by Gasteiger charge is -2.17. The fourth-order valence-corrected chi connectivity index (χ4v) is 3.77. The molecule has 0 heterocycles. The van der Waals surface area contributed by atoms with Crippen LogP contribution in [0.5, 0.6) is 0 Å². The van der Waals surface area contributed by atoms with Crippen LogP contribution in [0.15, 0.2) is 47.4 Å². The highest BCUT2D eigenvalue weighted by Gasteiger charge is 2.14. The van der Waals surface area contributed by atoms with Crippen molar-refractivity contribution in [2.75, 3.05) is 32.7 Å². The highest BCUT2D eigenvalue weighted by Crippen LogP contribution is 2.18. The Bertz CT molecular complexity index is 833. The Hall–Kier alpha value is -1.96. The van der Waals surface area contributed by atoms with E-state index in [1.807, 2.05) is 24.3 Å². The van der Waals surface area contributed by atoms with Crippen molar-refractivity contribution >= 4 is 26.7 Å². The molecule has 0 unspecified atom stereocenters. The van der Waals surface area contributed by atoms with Crippen LogP contribution in [0.3, 0.4) is 0 Å². The zero-order valence-corrected chi connectivity index (χ0v) is 16.2.